The van der Waals surface area contributed by atoms with Crippen LogP contribution in [0.5, 0.6) is 0 Å². The van der Waals surface area contributed by atoms with Crippen molar-refractivity contribution in [2.75, 3.05) is 16.8 Å². The molecule has 0 radical (unpaired) electrons. The number of rotatable bonds is 4. The highest BCUT2D eigenvalue weighted by Crippen LogP contribution is 2.28. The number of hydrogen-bond acceptors (Lipinski definition) is 2. The van der Waals surface area contributed by atoms with Gasteiger partial charge < -0.3 is 4.90 Å². The highest BCUT2D eigenvalue weighted by atomic mass is 79.9. The maximum absolute atomic E-state index is 4.56. The van der Waals surface area contributed by atoms with E-state index in [2.05, 4.69) is 54.7 Å². The quantitative estimate of drug-likeness (QED) is 0.743. The number of nitrogens with zero attached hydrogens (tertiary/aromatic N) is 2. The number of aryl methyl sites for hydroxylation is 1. The molecule has 0 unspecified atom stereocenters. The van der Waals surface area contributed by atoms with E-state index >= 15 is 0 Å². The smallest absolute Gasteiger partial charge is 0.129 e. The fourth-order valence-corrected chi connectivity index (χ4v) is 3.07. The van der Waals surface area contributed by atoms with Crippen LogP contribution in [0.2, 0.25) is 0 Å². The van der Waals surface area contributed by atoms with E-state index in [1.807, 2.05) is 6.20 Å². The highest BCUT2D eigenvalue weighted by Gasteiger charge is 2.23. The van der Waals surface area contributed by atoms with Crippen molar-refractivity contribution in [1.29, 1.82) is 0 Å². The minimum atomic E-state index is 0.681. The molecule has 1 aromatic heterocycles. The zero-order chi connectivity index (χ0) is 12.3. The lowest BCUT2D eigenvalue weighted by Gasteiger charge is -2.29. The van der Waals surface area contributed by atoms with Gasteiger partial charge in [-0.1, -0.05) is 28.8 Å². The summed E-state index contributed by atoms with van der Waals surface area (Å²) in [6, 6.07) is 2.87. The Morgan fingerprint density at radius 2 is 2.12 bits per heavy atom. The molecule has 0 aliphatic heterocycles. The Balaban J connectivity index is 2.21. The predicted octanol–water partition coefficient (Wildman–Crippen LogP) is 4.30. The SMILES string of the molecule is Cc1cc(N(CCBr)C2CCCC2)ncc1Br. The molecule has 1 aliphatic carbocycles. The van der Waals surface area contributed by atoms with Crippen LogP contribution in [0.4, 0.5) is 5.82 Å². The van der Waals surface area contributed by atoms with Crippen LogP contribution in [0.1, 0.15) is 31.2 Å². The molecule has 1 fully saturated rings. The van der Waals surface area contributed by atoms with E-state index in [1.165, 1.54) is 31.2 Å². The van der Waals surface area contributed by atoms with Crippen molar-refractivity contribution in [3.8, 4) is 0 Å². The second-order valence-electron chi connectivity index (χ2n) is 4.61. The van der Waals surface area contributed by atoms with Crippen molar-refractivity contribution in [2.45, 2.75) is 38.6 Å². The fourth-order valence-electron chi connectivity index (χ4n) is 2.47. The molecule has 0 amide bonds. The first-order chi connectivity index (χ1) is 8.22. The van der Waals surface area contributed by atoms with Crippen LogP contribution in [0.15, 0.2) is 16.7 Å². The van der Waals surface area contributed by atoms with E-state index in [1.54, 1.807) is 0 Å². The molecule has 94 valence electrons. The summed E-state index contributed by atoms with van der Waals surface area (Å²) in [5.41, 5.74) is 1.26. The minimum Gasteiger partial charge on any atom is -0.353 e. The first-order valence-electron chi connectivity index (χ1n) is 6.17. The van der Waals surface area contributed by atoms with E-state index < -0.39 is 0 Å². The van der Waals surface area contributed by atoms with Gasteiger partial charge in [-0.3, -0.25) is 0 Å². The van der Waals surface area contributed by atoms with Gasteiger partial charge in [0.25, 0.3) is 0 Å². The molecular formula is C13H18Br2N2. The number of alkyl halides is 1. The molecular weight excluding hydrogens is 344 g/mol. The van der Waals surface area contributed by atoms with Gasteiger partial charge in [0.1, 0.15) is 5.82 Å². The maximum atomic E-state index is 4.56. The zero-order valence-electron chi connectivity index (χ0n) is 10.1. The molecule has 0 aromatic carbocycles. The number of hydrogen-bond donors (Lipinski definition) is 0. The molecule has 1 aliphatic rings. The van der Waals surface area contributed by atoms with Gasteiger partial charge in [-0.2, -0.15) is 0 Å². The fraction of sp³-hybridized carbons (Fsp3) is 0.615. The molecule has 4 heteroatoms. The third kappa shape index (κ3) is 3.22. The Labute approximate surface area is 120 Å². The van der Waals surface area contributed by atoms with Crippen LogP contribution in [0, 0.1) is 6.92 Å². The average molecular weight is 362 g/mol. The summed E-state index contributed by atoms with van der Waals surface area (Å²) in [5.74, 6) is 1.12. The van der Waals surface area contributed by atoms with Crippen molar-refractivity contribution in [3.63, 3.8) is 0 Å². The minimum absolute atomic E-state index is 0.681. The standard InChI is InChI=1S/C13H18Br2N2/c1-10-8-13(16-9-12(10)15)17(7-6-14)11-4-2-3-5-11/h8-9,11H,2-7H2,1H3. The van der Waals surface area contributed by atoms with Crippen molar-refractivity contribution in [1.82, 2.24) is 4.98 Å². The van der Waals surface area contributed by atoms with E-state index in [0.29, 0.717) is 6.04 Å². The molecule has 1 saturated carbocycles. The number of anilines is 1. The lowest BCUT2D eigenvalue weighted by Crippen LogP contribution is -2.35. The lowest BCUT2D eigenvalue weighted by molar-refractivity contribution is 0.615. The van der Waals surface area contributed by atoms with E-state index in [0.717, 1.165) is 22.2 Å². The number of aromatic nitrogens is 1. The van der Waals surface area contributed by atoms with Crippen LogP contribution < -0.4 is 4.90 Å². The first kappa shape index (κ1) is 13.3. The van der Waals surface area contributed by atoms with Gasteiger partial charge >= 0.3 is 0 Å². The second-order valence-corrected chi connectivity index (χ2v) is 6.26. The molecule has 1 heterocycles. The molecule has 0 saturated heterocycles. The summed E-state index contributed by atoms with van der Waals surface area (Å²) in [7, 11) is 0. The van der Waals surface area contributed by atoms with E-state index in [-0.39, 0.29) is 0 Å². The summed E-state index contributed by atoms with van der Waals surface area (Å²) in [4.78, 5) is 7.02. The average Bonchev–Trinajstić information content (AvgIpc) is 2.83. The predicted molar refractivity (Wildman–Crippen MR) is 80.1 cm³/mol. The van der Waals surface area contributed by atoms with Crippen molar-refractivity contribution in [3.05, 3.63) is 22.3 Å². The first-order valence-corrected chi connectivity index (χ1v) is 8.08. The summed E-state index contributed by atoms with van der Waals surface area (Å²) in [6.07, 6.45) is 7.26. The van der Waals surface area contributed by atoms with Crippen LogP contribution in [0.25, 0.3) is 0 Å². The molecule has 2 nitrogen and oxygen atoms in total. The zero-order valence-corrected chi connectivity index (χ0v) is 13.3. The van der Waals surface area contributed by atoms with Crippen molar-refractivity contribution < 1.29 is 0 Å². The molecule has 0 spiro atoms. The van der Waals surface area contributed by atoms with Crippen molar-refractivity contribution in [2.24, 2.45) is 0 Å². The molecule has 1 aromatic rings. The number of pyridine rings is 1. The monoisotopic (exact) mass is 360 g/mol. The summed E-state index contributed by atoms with van der Waals surface area (Å²) < 4.78 is 1.09. The largest absolute Gasteiger partial charge is 0.353 e. The normalized spacial score (nSPS) is 16.4. The number of halogens is 2. The van der Waals surface area contributed by atoms with Crippen LogP contribution in [-0.2, 0) is 0 Å². The van der Waals surface area contributed by atoms with Gasteiger partial charge in [-0.05, 0) is 47.3 Å². The molecule has 0 atom stereocenters. The third-order valence-electron chi connectivity index (χ3n) is 3.42. The van der Waals surface area contributed by atoms with Crippen molar-refractivity contribution >= 4 is 37.7 Å². The Bertz CT molecular complexity index is 376. The topological polar surface area (TPSA) is 16.1 Å². The van der Waals surface area contributed by atoms with Gasteiger partial charge in [0.2, 0.25) is 0 Å². The lowest BCUT2D eigenvalue weighted by atomic mass is 10.2. The van der Waals surface area contributed by atoms with Gasteiger partial charge in [-0.15, -0.1) is 0 Å². The Morgan fingerprint density at radius 3 is 2.71 bits per heavy atom. The Hall–Kier alpha value is -0.0900. The second kappa shape index (κ2) is 6.19. The van der Waals surface area contributed by atoms with Gasteiger partial charge in [0, 0.05) is 28.6 Å². The summed E-state index contributed by atoms with van der Waals surface area (Å²) in [6.45, 7) is 3.16. The van der Waals surface area contributed by atoms with Crippen LogP contribution in [0.3, 0.4) is 0 Å². The highest BCUT2D eigenvalue weighted by molar-refractivity contribution is 9.10. The van der Waals surface area contributed by atoms with Crippen LogP contribution >= 0.6 is 31.9 Å². The van der Waals surface area contributed by atoms with Gasteiger partial charge in [0.15, 0.2) is 0 Å². The Kier molecular flexibility index (Phi) is 4.86. The maximum Gasteiger partial charge on any atom is 0.129 e. The molecule has 0 bridgehead atoms. The molecule has 0 N–H and O–H groups in total. The third-order valence-corrected chi connectivity index (χ3v) is 4.60. The Morgan fingerprint density at radius 1 is 1.41 bits per heavy atom. The molecule has 17 heavy (non-hydrogen) atoms. The van der Waals surface area contributed by atoms with E-state index in [4.69, 9.17) is 0 Å². The van der Waals surface area contributed by atoms with Gasteiger partial charge in [-0.25, -0.2) is 4.98 Å². The van der Waals surface area contributed by atoms with E-state index in [9.17, 15) is 0 Å². The van der Waals surface area contributed by atoms with Crippen LogP contribution in [-0.4, -0.2) is 22.9 Å². The molecule has 2 rings (SSSR count). The summed E-state index contributed by atoms with van der Waals surface area (Å²) >= 11 is 7.06. The van der Waals surface area contributed by atoms with Gasteiger partial charge in [0.05, 0.1) is 0 Å². The summed E-state index contributed by atoms with van der Waals surface area (Å²) in [5, 5.41) is 1.00.